The van der Waals surface area contributed by atoms with Crippen LogP contribution in [0.3, 0.4) is 0 Å². The average molecular weight is 209 g/mol. The van der Waals surface area contributed by atoms with Crippen LogP contribution in [0.5, 0.6) is 0 Å². The number of carbonyl (C=O) groups is 1. The molecule has 2 heterocycles. The molecule has 0 unspecified atom stereocenters. The molecule has 0 radical (unpaired) electrons. The Bertz CT molecular complexity index is 427. The Morgan fingerprint density at radius 2 is 2.43 bits per heavy atom. The molecule has 0 atom stereocenters. The highest BCUT2D eigenvalue weighted by molar-refractivity contribution is 7.71. The fourth-order valence-electron chi connectivity index (χ4n) is 1.73. The summed E-state index contributed by atoms with van der Waals surface area (Å²) in [7, 11) is 2.04. The number of carbonyl (C=O) groups excluding carboxylic acids is 1. The van der Waals surface area contributed by atoms with Crippen molar-refractivity contribution < 1.29 is 4.79 Å². The van der Waals surface area contributed by atoms with E-state index in [0.717, 1.165) is 37.1 Å². The summed E-state index contributed by atoms with van der Waals surface area (Å²) in [5, 5.41) is 0. The molecule has 0 aromatic carbocycles. The second-order valence-corrected chi connectivity index (χ2v) is 3.88. The molecule has 1 aliphatic rings. The Morgan fingerprint density at radius 1 is 1.64 bits per heavy atom. The molecule has 1 aromatic rings. The van der Waals surface area contributed by atoms with E-state index in [1.54, 1.807) is 0 Å². The van der Waals surface area contributed by atoms with Crippen LogP contribution < -0.4 is 0 Å². The Hall–Kier alpha value is -1.07. The van der Waals surface area contributed by atoms with Crippen LogP contribution in [-0.2, 0) is 13.0 Å². The first-order chi connectivity index (χ1) is 6.70. The zero-order chi connectivity index (χ0) is 10.1. The van der Waals surface area contributed by atoms with Gasteiger partial charge in [0.1, 0.15) is 5.69 Å². The van der Waals surface area contributed by atoms with Gasteiger partial charge in [-0.2, -0.15) is 0 Å². The SMILES string of the molecule is CN1CCc2c(C=O)nc(=S)[nH]c2C1. The van der Waals surface area contributed by atoms with Crippen molar-refractivity contribution in [3.63, 3.8) is 0 Å². The number of H-pyrrole nitrogens is 1. The first-order valence-electron chi connectivity index (χ1n) is 4.46. The van der Waals surface area contributed by atoms with E-state index in [-0.39, 0.29) is 0 Å². The van der Waals surface area contributed by atoms with E-state index >= 15 is 0 Å². The van der Waals surface area contributed by atoms with Crippen molar-refractivity contribution in [1.29, 1.82) is 0 Å². The molecule has 0 aliphatic carbocycles. The summed E-state index contributed by atoms with van der Waals surface area (Å²) in [5.41, 5.74) is 2.55. The zero-order valence-electron chi connectivity index (χ0n) is 7.91. The van der Waals surface area contributed by atoms with Gasteiger partial charge >= 0.3 is 0 Å². The third-order valence-electron chi connectivity index (χ3n) is 2.44. The molecule has 0 saturated carbocycles. The Balaban J connectivity index is 2.57. The van der Waals surface area contributed by atoms with E-state index in [9.17, 15) is 4.79 Å². The molecule has 0 saturated heterocycles. The number of aromatic nitrogens is 2. The van der Waals surface area contributed by atoms with Crippen LogP contribution in [-0.4, -0.2) is 34.7 Å². The minimum absolute atomic E-state index is 0.390. The molecule has 0 spiro atoms. The van der Waals surface area contributed by atoms with Crippen LogP contribution in [0.1, 0.15) is 21.7 Å². The molecule has 0 amide bonds. The van der Waals surface area contributed by atoms with Crippen molar-refractivity contribution in [2.75, 3.05) is 13.6 Å². The van der Waals surface area contributed by atoms with Crippen molar-refractivity contribution in [3.8, 4) is 0 Å². The van der Waals surface area contributed by atoms with Crippen molar-refractivity contribution in [2.45, 2.75) is 13.0 Å². The molecule has 1 aliphatic heterocycles. The van der Waals surface area contributed by atoms with Gasteiger partial charge in [-0.15, -0.1) is 0 Å². The number of fused-ring (bicyclic) bond motifs is 1. The predicted molar refractivity (Wildman–Crippen MR) is 54.8 cm³/mol. The monoisotopic (exact) mass is 209 g/mol. The van der Waals surface area contributed by atoms with E-state index < -0.39 is 0 Å². The lowest BCUT2D eigenvalue weighted by Gasteiger charge is -2.24. The molecular weight excluding hydrogens is 198 g/mol. The number of rotatable bonds is 1. The van der Waals surface area contributed by atoms with Crippen LogP contribution in [0, 0.1) is 4.77 Å². The summed E-state index contributed by atoms with van der Waals surface area (Å²) >= 11 is 4.95. The van der Waals surface area contributed by atoms with Gasteiger partial charge in [-0.1, -0.05) is 0 Å². The van der Waals surface area contributed by atoms with E-state index in [1.165, 1.54) is 0 Å². The zero-order valence-corrected chi connectivity index (χ0v) is 8.73. The van der Waals surface area contributed by atoms with Crippen molar-refractivity contribution >= 4 is 18.5 Å². The molecule has 74 valence electrons. The van der Waals surface area contributed by atoms with Gasteiger partial charge in [-0.3, -0.25) is 4.79 Å². The molecule has 5 heteroatoms. The summed E-state index contributed by atoms with van der Waals surface area (Å²) in [6.45, 7) is 1.77. The van der Waals surface area contributed by atoms with Gasteiger partial charge in [-0.25, -0.2) is 4.98 Å². The Morgan fingerprint density at radius 3 is 3.14 bits per heavy atom. The van der Waals surface area contributed by atoms with Gasteiger partial charge in [-0.05, 0) is 25.7 Å². The molecule has 0 fully saturated rings. The molecular formula is C9H11N3OS. The number of nitrogens with zero attached hydrogens (tertiary/aromatic N) is 2. The molecule has 14 heavy (non-hydrogen) atoms. The van der Waals surface area contributed by atoms with Gasteiger partial charge < -0.3 is 9.88 Å². The minimum Gasteiger partial charge on any atom is -0.333 e. The summed E-state index contributed by atoms with van der Waals surface area (Å²) in [5.74, 6) is 0. The molecule has 1 aromatic heterocycles. The fourth-order valence-corrected chi connectivity index (χ4v) is 1.95. The molecule has 0 bridgehead atoms. The van der Waals surface area contributed by atoms with Crippen molar-refractivity contribution in [3.05, 3.63) is 21.7 Å². The quantitative estimate of drug-likeness (QED) is 0.552. The van der Waals surface area contributed by atoms with Crippen molar-refractivity contribution in [1.82, 2.24) is 14.9 Å². The maximum absolute atomic E-state index is 10.8. The summed E-state index contributed by atoms with van der Waals surface area (Å²) in [4.78, 5) is 20.0. The van der Waals surface area contributed by atoms with Crippen LogP contribution in [0.2, 0.25) is 0 Å². The van der Waals surface area contributed by atoms with Gasteiger partial charge in [0.05, 0.1) is 0 Å². The largest absolute Gasteiger partial charge is 0.333 e. The Kier molecular flexibility index (Phi) is 2.43. The number of aldehydes is 1. The first-order valence-corrected chi connectivity index (χ1v) is 4.87. The number of aromatic amines is 1. The van der Waals surface area contributed by atoms with Gasteiger partial charge in [0.2, 0.25) is 0 Å². The Labute approximate surface area is 87.0 Å². The highest BCUT2D eigenvalue weighted by Gasteiger charge is 2.17. The highest BCUT2D eigenvalue weighted by atomic mass is 32.1. The van der Waals surface area contributed by atoms with E-state index in [1.807, 2.05) is 7.05 Å². The first kappa shape index (κ1) is 9.48. The lowest BCUT2D eigenvalue weighted by molar-refractivity contribution is 0.111. The van der Waals surface area contributed by atoms with E-state index in [2.05, 4.69) is 14.9 Å². The molecule has 2 rings (SSSR count). The summed E-state index contributed by atoms with van der Waals surface area (Å²) < 4.78 is 0.390. The third-order valence-corrected chi connectivity index (χ3v) is 2.63. The predicted octanol–water partition coefficient (Wildman–Crippen LogP) is 0.940. The topological polar surface area (TPSA) is 49.0 Å². The number of nitrogens with one attached hydrogen (secondary N) is 1. The van der Waals surface area contributed by atoms with Crippen LogP contribution in [0.25, 0.3) is 0 Å². The number of hydrogen-bond donors (Lipinski definition) is 1. The standard InChI is InChI=1S/C9H11N3OS/c1-12-3-2-6-7(4-12)10-9(14)11-8(6)5-13/h5H,2-4H2,1H3,(H,10,11,14). The smallest absolute Gasteiger partial charge is 0.197 e. The van der Waals surface area contributed by atoms with Gasteiger partial charge in [0, 0.05) is 24.3 Å². The van der Waals surface area contributed by atoms with Crippen LogP contribution >= 0.6 is 12.2 Å². The second-order valence-electron chi connectivity index (χ2n) is 3.49. The summed E-state index contributed by atoms with van der Waals surface area (Å²) in [6, 6.07) is 0. The third kappa shape index (κ3) is 1.60. The maximum atomic E-state index is 10.8. The second kappa shape index (κ2) is 3.59. The number of hydrogen-bond acceptors (Lipinski definition) is 4. The average Bonchev–Trinajstić information content (AvgIpc) is 2.15. The molecule has 1 N–H and O–H groups in total. The maximum Gasteiger partial charge on any atom is 0.197 e. The number of likely N-dealkylation sites (N-methyl/N-ethyl adjacent to an activating group) is 1. The van der Waals surface area contributed by atoms with E-state index in [4.69, 9.17) is 12.2 Å². The molecule has 4 nitrogen and oxygen atoms in total. The minimum atomic E-state index is 0.390. The lowest BCUT2D eigenvalue weighted by Crippen LogP contribution is -2.28. The van der Waals surface area contributed by atoms with Crippen LogP contribution in [0.4, 0.5) is 0 Å². The van der Waals surface area contributed by atoms with Gasteiger partial charge in [0.25, 0.3) is 0 Å². The van der Waals surface area contributed by atoms with Crippen LogP contribution in [0.15, 0.2) is 0 Å². The summed E-state index contributed by atoms with van der Waals surface area (Å²) in [6.07, 6.45) is 1.65. The van der Waals surface area contributed by atoms with Gasteiger partial charge in [0.15, 0.2) is 11.1 Å². The highest BCUT2D eigenvalue weighted by Crippen LogP contribution is 2.17. The lowest BCUT2D eigenvalue weighted by atomic mass is 10.0. The normalized spacial score (nSPS) is 16.4. The van der Waals surface area contributed by atoms with Crippen molar-refractivity contribution in [2.24, 2.45) is 0 Å². The fraction of sp³-hybridized carbons (Fsp3) is 0.444. The van der Waals surface area contributed by atoms with E-state index in [0.29, 0.717) is 10.5 Å².